The van der Waals surface area contributed by atoms with Crippen molar-refractivity contribution >= 4 is 5.91 Å². The predicted molar refractivity (Wildman–Crippen MR) is 84.5 cm³/mol. The molecule has 2 aromatic carbocycles. The minimum atomic E-state index is -0.404. The molecule has 1 amide bonds. The summed E-state index contributed by atoms with van der Waals surface area (Å²) in [7, 11) is 1.57. The van der Waals surface area contributed by atoms with Crippen molar-refractivity contribution in [2.75, 3.05) is 7.11 Å². The van der Waals surface area contributed by atoms with Crippen LogP contribution >= 0.6 is 0 Å². The van der Waals surface area contributed by atoms with Gasteiger partial charge < -0.3 is 10.1 Å². The molecule has 0 heterocycles. The second-order valence-electron chi connectivity index (χ2n) is 5.21. The molecule has 0 radical (unpaired) electrons. The number of carbonyl (C=O) groups is 1. The van der Waals surface area contributed by atoms with E-state index in [1.165, 1.54) is 0 Å². The first kappa shape index (κ1) is 15.1. The zero-order chi connectivity index (χ0) is 15.3. The molecule has 1 N–H and O–H groups in total. The van der Waals surface area contributed by atoms with Gasteiger partial charge in [0.2, 0.25) is 0 Å². The lowest BCUT2D eigenvalue weighted by Gasteiger charge is -2.30. The third-order valence-electron chi connectivity index (χ3n) is 3.86. The highest BCUT2D eigenvalue weighted by atomic mass is 16.5. The SMILES string of the molecule is CCC(C)(NC(=O)c1ccccc1OC)c1ccccc1. The molecule has 2 aromatic rings. The van der Waals surface area contributed by atoms with Crippen molar-refractivity contribution in [1.29, 1.82) is 0 Å². The maximum atomic E-state index is 12.6. The highest BCUT2D eigenvalue weighted by molar-refractivity contribution is 5.97. The van der Waals surface area contributed by atoms with Crippen LogP contribution in [0.1, 0.15) is 36.2 Å². The third kappa shape index (κ3) is 3.24. The number of amides is 1. The van der Waals surface area contributed by atoms with Crippen LogP contribution in [0.4, 0.5) is 0 Å². The van der Waals surface area contributed by atoms with Gasteiger partial charge in [0.1, 0.15) is 5.75 Å². The summed E-state index contributed by atoms with van der Waals surface area (Å²) in [5.41, 5.74) is 1.24. The van der Waals surface area contributed by atoms with Gasteiger partial charge in [-0.3, -0.25) is 4.79 Å². The molecule has 110 valence electrons. The lowest BCUT2D eigenvalue weighted by molar-refractivity contribution is 0.0899. The van der Waals surface area contributed by atoms with Crippen LogP contribution in [0.25, 0.3) is 0 Å². The summed E-state index contributed by atoms with van der Waals surface area (Å²) >= 11 is 0. The fourth-order valence-electron chi connectivity index (χ4n) is 2.32. The Morgan fingerprint density at radius 1 is 1.10 bits per heavy atom. The van der Waals surface area contributed by atoms with Crippen LogP contribution < -0.4 is 10.1 Å². The van der Waals surface area contributed by atoms with Gasteiger partial charge in [-0.05, 0) is 31.0 Å². The highest BCUT2D eigenvalue weighted by Crippen LogP contribution is 2.26. The van der Waals surface area contributed by atoms with E-state index in [-0.39, 0.29) is 5.91 Å². The van der Waals surface area contributed by atoms with Crippen molar-refractivity contribution < 1.29 is 9.53 Å². The molecule has 0 saturated heterocycles. The monoisotopic (exact) mass is 283 g/mol. The smallest absolute Gasteiger partial charge is 0.255 e. The second-order valence-corrected chi connectivity index (χ2v) is 5.21. The van der Waals surface area contributed by atoms with Gasteiger partial charge in [-0.15, -0.1) is 0 Å². The first-order valence-electron chi connectivity index (χ1n) is 7.12. The van der Waals surface area contributed by atoms with Crippen molar-refractivity contribution in [3.05, 3.63) is 65.7 Å². The van der Waals surface area contributed by atoms with E-state index < -0.39 is 5.54 Å². The van der Waals surface area contributed by atoms with Gasteiger partial charge >= 0.3 is 0 Å². The van der Waals surface area contributed by atoms with E-state index in [1.807, 2.05) is 49.4 Å². The Morgan fingerprint density at radius 2 is 1.71 bits per heavy atom. The fraction of sp³-hybridized carbons (Fsp3) is 0.278. The number of carbonyl (C=O) groups excluding carboxylic acids is 1. The molecule has 3 heteroatoms. The molecular weight excluding hydrogens is 262 g/mol. The number of para-hydroxylation sites is 1. The fourth-order valence-corrected chi connectivity index (χ4v) is 2.32. The van der Waals surface area contributed by atoms with E-state index in [4.69, 9.17) is 4.74 Å². The van der Waals surface area contributed by atoms with E-state index in [1.54, 1.807) is 19.2 Å². The van der Waals surface area contributed by atoms with Gasteiger partial charge in [-0.25, -0.2) is 0 Å². The van der Waals surface area contributed by atoms with Crippen LogP contribution in [-0.4, -0.2) is 13.0 Å². The number of ether oxygens (including phenoxy) is 1. The number of hydrogen-bond acceptors (Lipinski definition) is 2. The summed E-state index contributed by atoms with van der Waals surface area (Å²) in [6.07, 6.45) is 0.803. The van der Waals surface area contributed by atoms with Crippen LogP contribution in [0.5, 0.6) is 5.75 Å². The van der Waals surface area contributed by atoms with Crippen molar-refractivity contribution in [2.24, 2.45) is 0 Å². The number of benzene rings is 2. The second kappa shape index (κ2) is 6.44. The van der Waals surface area contributed by atoms with Crippen molar-refractivity contribution in [2.45, 2.75) is 25.8 Å². The quantitative estimate of drug-likeness (QED) is 0.907. The van der Waals surface area contributed by atoms with Gasteiger partial charge in [0, 0.05) is 0 Å². The van der Waals surface area contributed by atoms with Gasteiger partial charge in [0.15, 0.2) is 0 Å². The maximum Gasteiger partial charge on any atom is 0.255 e. The summed E-state index contributed by atoms with van der Waals surface area (Å²) in [5, 5.41) is 3.13. The maximum absolute atomic E-state index is 12.6. The zero-order valence-corrected chi connectivity index (χ0v) is 12.7. The van der Waals surface area contributed by atoms with E-state index in [0.29, 0.717) is 11.3 Å². The molecule has 1 atom stereocenters. The molecule has 0 aliphatic carbocycles. The van der Waals surface area contributed by atoms with E-state index in [0.717, 1.165) is 12.0 Å². The predicted octanol–water partition coefficient (Wildman–Crippen LogP) is 3.75. The number of rotatable bonds is 5. The minimum Gasteiger partial charge on any atom is -0.496 e. The summed E-state index contributed by atoms with van der Waals surface area (Å²) in [6.45, 7) is 4.10. The largest absolute Gasteiger partial charge is 0.496 e. The highest BCUT2D eigenvalue weighted by Gasteiger charge is 2.27. The summed E-state index contributed by atoms with van der Waals surface area (Å²) < 4.78 is 5.26. The Balaban J connectivity index is 2.28. The molecule has 0 fully saturated rings. The summed E-state index contributed by atoms with van der Waals surface area (Å²) in [6, 6.07) is 17.3. The van der Waals surface area contributed by atoms with Gasteiger partial charge in [-0.1, -0.05) is 49.4 Å². The zero-order valence-electron chi connectivity index (χ0n) is 12.7. The molecule has 0 bridgehead atoms. The molecule has 2 rings (SSSR count). The normalized spacial score (nSPS) is 13.3. The number of nitrogens with one attached hydrogen (secondary N) is 1. The van der Waals surface area contributed by atoms with Crippen LogP contribution in [0.15, 0.2) is 54.6 Å². The van der Waals surface area contributed by atoms with E-state index in [9.17, 15) is 4.79 Å². The van der Waals surface area contributed by atoms with Crippen LogP contribution in [-0.2, 0) is 5.54 Å². The Bertz CT molecular complexity index is 610. The first-order chi connectivity index (χ1) is 10.1. The van der Waals surface area contributed by atoms with Gasteiger partial charge in [0.05, 0.1) is 18.2 Å². The summed E-state index contributed by atoms with van der Waals surface area (Å²) in [4.78, 5) is 12.6. The molecule has 21 heavy (non-hydrogen) atoms. The van der Waals surface area contributed by atoms with Crippen molar-refractivity contribution in [1.82, 2.24) is 5.32 Å². The molecule has 0 aliphatic rings. The molecule has 0 aliphatic heterocycles. The molecule has 0 spiro atoms. The molecule has 3 nitrogen and oxygen atoms in total. The molecule has 0 saturated carbocycles. The van der Waals surface area contributed by atoms with Crippen molar-refractivity contribution in [3.63, 3.8) is 0 Å². The molecule has 1 unspecified atom stereocenters. The topological polar surface area (TPSA) is 38.3 Å². The van der Waals surface area contributed by atoms with Crippen molar-refractivity contribution in [3.8, 4) is 5.75 Å². The third-order valence-corrected chi connectivity index (χ3v) is 3.86. The van der Waals surface area contributed by atoms with Gasteiger partial charge in [-0.2, -0.15) is 0 Å². The number of hydrogen-bond donors (Lipinski definition) is 1. The van der Waals surface area contributed by atoms with E-state index in [2.05, 4.69) is 12.2 Å². The lowest BCUT2D eigenvalue weighted by atomic mass is 9.89. The van der Waals surface area contributed by atoms with Crippen LogP contribution in [0.2, 0.25) is 0 Å². The average molecular weight is 283 g/mol. The Kier molecular flexibility index (Phi) is 4.63. The first-order valence-corrected chi connectivity index (χ1v) is 7.12. The van der Waals surface area contributed by atoms with Gasteiger partial charge in [0.25, 0.3) is 5.91 Å². The van der Waals surface area contributed by atoms with Crippen LogP contribution in [0.3, 0.4) is 0 Å². The molecular formula is C18H21NO2. The van der Waals surface area contributed by atoms with Crippen LogP contribution in [0, 0.1) is 0 Å². The van der Waals surface area contributed by atoms with E-state index >= 15 is 0 Å². The Morgan fingerprint density at radius 3 is 2.33 bits per heavy atom. The summed E-state index contributed by atoms with van der Waals surface area (Å²) in [5.74, 6) is 0.460. The average Bonchev–Trinajstić information content (AvgIpc) is 2.55. The molecule has 0 aromatic heterocycles. The standard InChI is InChI=1S/C18H21NO2/c1-4-18(2,14-10-6-5-7-11-14)19-17(20)15-12-8-9-13-16(15)21-3/h5-13H,4H2,1-3H3,(H,19,20). The number of methoxy groups -OCH3 is 1. The Hall–Kier alpha value is -2.29. The minimum absolute atomic E-state index is 0.124. The Labute approximate surface area is 126 Å². The lowest BCUT2D eigenvalue weighted by Crippen LogP contribution is -2.43.